The summed E-state index contributed by atoms with van der Waals surface area (Å²) >= 11 is 0. The Morgan fingerprint density at radius 3 is 2.69 bits per heavy atom. The second-order valence-electron chi connectivity index (χ2n) is 6.78. The molecule has 146 valence electrons. The highest BCUT2D eigenvalue weighted by atomic mass is 16.1. The Labute approximate surface area is 168 Å². The Morgan fingerprint density at radius 2 is 2.00 bits per heavy atom. The molecule has 1 aromatic carbocycles. The number of amides is 1. The third kappa shape index (κ3) is 4.01. The van der Waals surface area contributed by atoms with Crippen molar-refractivity contribution in [2.45, 2.75) is 6.92 Å². The fourth-order valence-corrected chi connectivity index (χ4v) is 3.04. The lowest BCUT2D eigenvalue weighted by Gasteiger charge is -2.11. The van der Waals surface area contributed by atoms with E-state index in [-0.39, 0.29) is 5.91 Å². The molecule has 1 amide bonds. The molecule has 0 unspecified atom stereocenters. The summed E-state index contributed by atoms with van der Waals surface area (Å²) in [6.07, 6.45) is 7.12. The summed E-state index contributed by atoms with van der Waals surface area (Å²) in [5.74, 6) is 0.354. The first kappa shape index (κ1) is 18.4. The van der Waals surface area contributed by atoms with Gasteiger partial charge in [0.1, 0.15) is 5.69 Å². The van der Waals surface area contributed by atoms with Gasteiger partial charge in [0, 0.05) is 43.9 Å². The molecule has 0 radical (unpaired) electrons. The molecule has 0 atom stereocenters. The molecule has 0 aliphatic carbocycles. The molecule has 0 saturated heterocycles. The zero-order chi connectivity index (χ0) is 20.4. The minimum Gasteiger partial charge on any atom is -0.347 e. The summed E-state index contributed by atoms with van der Waals surface area (Å²) in [5.41, 5.74) is 4.87. The first-order chi connectivity index (χ1) is 14.0. The van der Waals surface area contributed by atoms with Crippen LogP contribution in [0.2, 0.25) is 0 Å². The summed E-state index contributed by atoms with van der Waals surface area (Å²) in [6.45, 7) is 1.96. The molecule has 3 heterocycles. The number of carbonyl (C=O) groups excluding carboxylic acids is 1. The molecule has 8 nitrogen and oxygen atoms in total. The highest BCUT2D eigenvalue weighted by Crippen LogP contribution is 2.25. The third-order valence-corrected chi connectivity index (χ3v) is 4.56. The number of aryl methyl sites for hydroxylation is 3. The van der Waals surface area contributed by atoms with Crippen molar-refractivity contribution in [2.75, 3.05) is 10.6 Å². The molecule has 3 aromatic heterocycles. The van der Waals surface area contributed by atoms with Gasteiger partial charge in [-0.2, -0.15) is 5.10 Å². The highest BCUT2D eigenvalue weighted by Gasteiger charge is 2.11. The molecule has 29 heavy (non-hydrogen) atoms. The van der Waals surface area contributed by atoms with Crippen molar-refractivity contribution in [1.29, 1.82) is 0 Å². The van der Waals surface area contributed by atoms with Gasteiger partial charge in [0.15, 0.2) is 0 Å². The molecule has 4 aromatic rings. The molecule has 0 bridgehead atoms. The van der Waals surface area contributed by atoms with E-state index in [1.165, 1.54) is 0 Å². The number of nitrogens with zero attached hydrogens (tertiary/aromatic N) is 5. The fourth-order valence-electron chi connectivity index (χ4n) is 3.04. The van der Waals surface area contributed by atoms with Gasteiger partial charge < -0.3 is 15.2 Å². The van der Waals surface area contributed by atoms with Crippen molar-refractivity contribution in [2.24, 2.45) is 14.1 Å². The normalized spacial score (nSPS) is 10.7. The summed E-state index contributed by atoms with van der Waals surface area (Å²) in [7, 11) is 3.69. The maximum atomic E-state index is 12.5. The lowest BCUT2D eigenvalue weighted by atomic mass is 10.1. The predicted molar refractivity (Wildman–Crippen MR) is 112 cm³/mol. The maximum absolute atomic E-state index is 12.5. The van der Waals surface area contributed by atoms with Gasteiger partial charge in [-0.15, -0.1) is 0 Å². The first-order valence-corrected chi connectivity index (χ1v) is 9.12. The fraction of sp³-hybridized carbons (Fsp3) is 0.143. The number of hydrogen-bond donors (Lipinski definition) is 2. The van der Waals surface area contributed by atoms with E-state index in [9.17, 15) is 4.79 Å². The SMILES string of the molecule is Cc1cc(-c2ccnc(Nc3cnn(C)c3)n2)ccc1NC(=O)c1cccn1C. The Balaban J connectivity index is 1.54. The molecule has 0 aliphatic rings. The molecular formula is C21H21N7O. The lowest BCUT2D eigenvalue weighted by molar-refractivity contribution is 0.101. The largest absolute Gasteiger partial charge is 0.347 e. The smallest absolute Gasteiger partial charge is 0.272 e. The van der Waals surface area contributed by atoms with Gasteiger partial charge in [-0.25, -0.2) is 9.97 Å². The number of rotatable bonds is 5. The van der Waals surface area contributed by atoms with Crippen LogP contribution in [0.4, 0.5) is 17.3 Å². The standard InChI is InChI=1S/C21H21N7O/c1-14-11-15(6-7-17(14)25-20(29)19-5-4-10-27(19)2)18-8-9-22-21(26-18)24-16-12-23-28(3)13-16/h4-13H,1-3H3,(H,25,29)(H,22,24,26). The van der Waals surface area contributed by atoms with Gasteiger partial charge >= 0.3 is 0 Å². The zero-order valence-electron chi connectivity index (χ0n) is 16.4. The Bertz CT molecular complexity index is 1180. The Kier molecular flexibility index (Phi) is 4.82. The van der Waals surface area contributed by atoms with Crippen molar-refractivity contribution in [3.05, 3.63) is 72.4 Å². The van der Waals surface area contributed by atoms with Crippen molar-refractivity contribution in [3.8, 4) is 11.3 Å². The highest BCUT2D eigenvalue weighted by molar-refractivity contribution is 6.03. The van der Waals surface area contributed by atoms with Crippen LogP contribution in [0.3, 0.4) is 0 Å². The van der Waals surface area contributed by atoms with Gasteiger partial charge in [-0.05, 0) is 42.8 Å². The van der Waals surface area contributed by atoms with Crippen LogP contribution in [0.5, 0.6) is 0 Å². The molecule has 0 spiro atoms. The average molecular weight is 387 g/mol. The quantitative estimate of drug-likeness (QED) is 0.547. The predicted octanol–water partition coefficient (Wildman–Crippen LogP) is 3.52. The molecule has 0 fully saturated rings. The monoisotopic (exact) mass is 387 g/mol. The number of carbonyl (C=O) groups is 1. The van der Waals surface area contributed by atoms with Crippen LogP contribution in [0, 0.1) is 6.92 Å². The Hall–Kier alpha value is -3.94. The summed E-state index contributed by atoms with van der Waals surface area (Å²) in [6, 6.07) is 11.3. The van der Waals surface area contributed by atoms with E-state index in [1.807, 2.05) is 63.7 Å². The van der Waals surface area contributed by atoms with Crippen LogP contribution in [-0.4, -0.2) is 30.2 Å². The van der Waals surface area contributed by atoms with Crippen molar-refractivity contribution >= 4 is 23.2 Å². The molecular weight excluding hydrogens is 366 g/mol. The second kappa shape index (κ2) is 7.59. The van der Waals surface area contributed by atoms with Gasteiger partial charge in [-0.1, -0.05) is 6.07 Å². The number of hydrogen-bond acceptors (Lipinski definition) is 5. The minimum absolute atomic E-state index is 0.140. The van der Waals surface area contributed by atoms with Gasteiger partial charge in [0.05, 0.1) is 17.6 Å². The number of nitrogens with one attached hydrogen (secondary N) is 2. The summed E-state index contributed by atoms with van der Waals surface area (Å²) < 4.78 is 3.49. The van der Waals surface area contributed by atoms with Gasteiger partial charge in [-0.3, -0.25) is 9.48 Å². The Morgan fingerprint density at radius 1 is 1.14 bits per heavy atom. The van der Waals surface area contributed by atoms with Crippen molar-refractivity contribution in [1.82, 2.24) is 24.3 Å². The lowest BCUT2D eigenvalue weighted by Crippen LogP contribution is -2.16. The van der Waals surface area contributed by atoms with E-state index < -0.39 is 0 Å². The molecule has 0 saturated carbocycles. The van der Waals surface area contributed by atoms with Crippen LogP contribution >= 0.6 is 0 Å². The maximum Gasteiger partial charge on any atom is 0.272 e. The van der Waals surface area contributed by atoms with Gasteiger partial charge in [0.25, 0.3) is 5.91 Å². The van der Waals surface area contributed by atoms with E-state index in [2.05, 4.69) is 25.7 Å². The molecule has 0 aliphatic heterocycles. The van der Waals surface area contributed by atoms with Crippen LogP contribution in [0.25, 0.3) is 11.3 Å². The van der Waals surface area contributed by atoms with E-state index in [0.29, 0.717) is 11.6 Å². The zero-order valence-corrected chi connectivity index (χ0v) is 16.4. The van der Waals surface area contributed by atoms with Crippen LogP contribution < -0.4 is 10.6 Å². The topological polar surface area (TPSA) is 89.7 Å². The number of aromatic nitrogens is 5. The van der Waals surface area contributed by atoms with E-state index >= 15 is 0 Å². The molecule has 8 heteroatoms. The van der Waals surface area contributed by atoms with Crippen LogP contribution in [0.15, 0.2) is 61.2 Å². The van der Waals surface area contributed by atoms with E-state index in [1.54, 1.807) is 27.7 Å². The van der Waals surface area contributed by atoms with Crippen molar-refractivity contribution < 1.29 is 4.79 Å². The second-order valence-corrected chi connectivity index (χ2v) is 6.78. The van der Waals surface area contributed by atoms with E-state index in [0.717, 1.165) is 28.2 Å². The minimum atomic E-state index is -0.140. The summed E-state index contributed by atoms with van der Waals surface area (Å²) in [4.78, 5) is 21.3. The number of anilines is 3. The van der Waals surface area contributed by atoms with Crippen molar-refractivity contribution in [3.63, 3.8) is 0 Å². The van der Waals surface area contributed by atoms with Gasteiger partial charge in [0.2, 0.25) is 5.95 Å². The van der Waals surface area contributed by atoms with E-state index in [4.69, 9.17) is 0 Å². The molecule has 4 rings (SSSR count). The molecule has 2 N–H and O–H groups in total. The van der Waals surface area contributed by atoms with Crippen LogP contribution in [0.1, 0.15) is 16.1 Å². The average Bonchev–Trinajstić information content (AvgIpc) is 3.31. The van der Waals surface area contributed by atoms with Crippen LogP contribution in [-0.2, 0) is 14.1 Å². The first-order valence-electron chi connectivity index (χ1n) is 9.12. The third-order valence-electron chi connectivity index (χ3n) is 4.56. The number of benzene rings is 1. The summed E-state index contributed by atoms with van der Waals surface area (Å²) in [5, 5.41) is 10.2.